The van der Waals surface area contributed by atoms with Gasteiger partial charge in [0.2, 0.25) is 0 Å². The minimum atomic E-state index is -3.00. The van der Waals surface area contributed by atoms with E-state index in [1.807, 2.05) is 20.8 Å². The second kappa shape index (κ2) is 6.43. The molecule has 0 bridgehead atoms. The first-order valence-corrected chi connectivity index (χ1v) is 9.07. The molecule has 2 aromatic heterocycles. The highest BCUT2D eigenvalue weighted by Crippen LogP contribution is 2.47. The van der Waals surface area contributed by atoms with Crippen LogP contribution in [0.1, 0.15) is 42.7 Å². The lowest BCUT2D eigenvalue weighted by Gasteiger charge is -2.37. The van der Waals surface area contributed by atoms with Gasteiger partial charge >= 0.3 is 12.6 Å². The molecule has 1 unspecified atom stereocenters. The van der Waals surface area contributed by atoms with Gasteiger partial charge in [0.1, 0.15) is 5.56 Å². The number of hydrogen-bond acceptors (Lipinski definition) is 4. The molecule has 1 aromatic carbocycles. The summed E-state index contributed by atoms with van der Waals surface area (Å²) in [5.74, 6) is -1.03. The zero-order valence-corrected chi connectivity index (χ0v) is 16.0. The summed E-state index contributed by atoms with van der Waals surface area (Å²) in [5.41, 5.74) is 0.118. The van der Waals surface area contributed by atoms with Gasteiger partial charge < -0.3 is 18.8 Å². The fourth-order valence-electron chi connectivity index (χ4n) is 3.91. The number of aromatic nitrogens is 1. The number of carbonyl (C=O) groups is 1. The summed E-state index contributed by atoms with van der Waals surface area (Å²) in [7, 11) is 0. The van der Waals surface area contributed by atoms with Crippen LogP contribution in [0, 0.1) is 5.41 Å². The molecule has 1 aliphatic rings. The zero-order chi connectivity index (χ0) is 21.1. The maximum Gasteiger partial charge on any atom is 0.387 e. The summed E-state index contributed by atoms with van der Waals surface area (Å²) in [4.78, 5) is 23.8. The Bertz CT molecular complexity index is 1190. The van der Waals surface area contributed by atoms with Gasteiger partial charge in [-0.15, -0.1) is 0 Å². The maximum absolute atomic E-state index is 12.8. The second-order valence-corrected chi connectivity index (χ2v) is 8.16. The van der Waals surface area contributed by atoms with Crippen molar-refractivity contribution >= 4 is 16.9 Å². The van der Waals surface area contributed by atoms with E-state index in [0.717, 1.165) is 5.56 Å². The number of furan rings is 1. The molecular formula is C21H19F2NO5. The van der Waals surface area contributed by atoms with Crippen LogP contribution in [0.4, 0.5) is 8.78 Å². The minimum absolute atomic E-state index is 0.0877. The van der Waals surface area contributed by atoms with Crippen LogP contribution >= 0.6 is 0 Å². The van der Waals surface area contributed by atoms with E-state index in [1.165, 1.54) is 18.3 Å². The number of ether oxygens (including phenoxy) is 1. The molecule has 3 heterocycles. The normalized spacial score (nSPS) is 16.0. The van der Waals surface area contributed by atoms with Crippen molar-refractivity contribution in [3.63, 3.8) is 0 Å². The molecule has 0 saturated heterocycles. The van der Waals surface area contributed by atoms with Gasteiger partial charge in [-0.3, -0.25) is 4.79 Å². The number of benzene rings is 1. The Morgan fingerprint density at radius 3 is 2.69 bits per heavy atom. The van der Waals surface area contributed by atoms with E-state index in [-0.39, 0.29) is 28.4 Å². The van der Waals surface area contributed by atoms with Crippen molar-refractivity contribution in [1.82, 2.24) is 4.57 Å². The predicted molar refractivity (Wildman–Crippen MR) is 102 cm³/mol. The topological polar surface area (TPSA) is 81.7 Å². The number of aromatic carboxylic acids is 1. The highest BCUT2D eigenvalue weighted by atomic mass is 19.3. The number of carboxylic acids is 1. The van der Waals surface area contributed by atoms with Crippen LogP contribution in [0.2, 0.25) is 0 Å². The highest BCUT2D eigenvalue weighted by molar-refractivity contribution is 5.92. The van der Waals surface area contributed by atoms with Crippen LogP contribution in [0.3, 0.4) is 0 Å². The first kappa shape index (κ1) is 19.2. The summed E-state index contributed by atoms with van der Waals surface area (Å²) in [6, 6.07) is 5.82. The fourth-order valence-corrected chi connectivity index (χ4v) is 3.91. The Kier molecular flexibility index (Phi) is 4.25. The fraction of sp³-hybridized carbons (Fsp3) is 0.333. The molecule has 0 amide bonds. The molecule has 0 saturated carbocycles. The van der Waals surface area contributed by atoms with Crippen LogP contribution in [0.25, 0.3) is 22.4 Å². The number of rotatable bonds is 3. The number of pyridine rings is 1. The molecule has 4 rings (SSSR count). The molecule has 0 aliphatic carbocycles. The van der Waals surface area contributed by atoms with Gasteiger partial charge in [0.25, 0.3) is 0 Å². The first-order valence-electron chi connectivity index (χ1n) is 9.07. The number of hydrogen-bond donors (Lipinski definition) is 1. The lowest BCUT2D eigenvalue weighted by Crippen LogP contribution is -2.32. The third-order valence-corrected chi connectivity index (χ3v) is 5.27. The molecule has 8 heteroatoms. The predicted octanol–water partition coefficient (Wildman–Crippen LogP) is 4.70. The lowest BCUT2D eigenvalue weighted by molar-refractivity contribution is -0.0493. The molecule has 29 heavy (non-hydrogen) atoms. The quantitative estimate of drug-likeness (QED) is 0.685. The zero-order valence-electron chi connectivity index (χ0n) is 16.0. The summed E-state index contributed by atoms with van der Waals surface area (Å²) >= 11 is 0. The van der Waals surface area contributed by atoms with Crippen molar-refractivity contribution in [1.29, 1.82) is 0 Å². The average Bonchev–Trinajstić information content (AvgIpc) is 2.99. The van der Waals surface area contributed by atoms with Gasteiger partial charge in [0, 0.05) is 29.3 Å². The Hall–Kier alpha value is -3.16. The molecule has 3 aromatic rings. The molecule has 0 radical (unpaired) electrons. The van der Waals surface area contributed by atoms with E-state index >= 15 is 0 Å². The van der Waals surface area contributed by atoms with Gasteiger partial charge in [0.05, 0.1) is 5.69 Å². The van der Waals surface area contributed by atoms with Crippen molar-refractivity contribution in [3.05, 3.63) is 51.8 Å². The van der Waals surface area contributed by atoms with Gasteiger partial charge in [0.15, 0.2) is 22.5 Å². The van der Waals surface area contributed by atoms with Crippen molar-refractivity contribution < 1.29 is 27.8 Å². The molecule has 6 nitrogen and oxygen atoms in total. The Balaban J connectivity index is 2.03. The van der Waals surface area contributed by atoms with E-state index in [0.29, 0.717) is 23.3 Å². The first-order chi connectivity index (χ1) is 13.6. The Morgan fingerprint density at radius 1 is 1.34 bits per heavy atom. The van der Waals surface area contributed by atoms with E-state index < -0.39 is 18.0 Å². The lowest BCUT2D eigenvalue weighted by atomic mass is 9.80. The van der Waals surface area contributed by atoms with Gasteiger partial charge in [-0.05, 0) is 17.9 Å². The van der Waals surface area contributed by atoms with Crippen molar-refractivity contribution in [2.45, 2.75) is 39.8 Å². The van der Waals surface area contributed by atoms with Gasteiger partial charge in [-0.25, -0.2) is 4.79 Å². The van der Waals surface area contributed by atoms with E-state index in [4.69, 9.17) is 4.42 Å². The van der Waals surface area contributed by atoms with Crippen LogP contribution in [-0.4, -0.2) is 22.3 Å². The molecule has 1 atom stereocenters. The second-order valence-electron chi connectivity index (χ2n) is 8.16. The smallest absolute Gasteiger partial charge is 0.387 e. The molecule has 1 aliphatic heterocycles. The number of halogens is 2. The SMILES string of the molecule is CC(C)(C)C1Cc2c(oc3c(OC(F)F)cccc23)-c2cc(=O)c(C(=O)O)cn21. The number of nitrogens with zero attached hydrogens (tertiary/aromatic N) is 1. The van der Waals surface area contributed by atoms with E-state index in [9.17, 15) is 23.5 Å². The van der Waals surface area contributed by atoms with Gasteiger partial charge in [-0.1, -0.05) is 32.9 Å². The van der Waals surface area contributed by atoms with Crippen molar-refractivity contribution in [3.8, 4) is 17.2 Å². The van der Waals surface area contributed by atoms with E-state index in [1.54, 1.807) is 16.7 Å². The molecule has 0 spiro atoms. The summed E-state index contributed by atoms with van der Waals surface area (Å²) in [6.45, 7) is 3.04. The third kappa shape index (κ3) is 3.08. The van der Waals surface area contributed by atoms with Crippen LogP contribution < -0.4 is 10.2 Å². The number of fused-ring (bicyclic) bond motifs is 5. The Labute approximate surface area is 164 Å². The molecular weight excluding hydrogens is 384 g/mol. The number of carboxylic acid groups (broad SMARTS) is 1. The summed E-state index contributed by atoms with van der Waals surface area (Å²) in [5, 5.41) is 9.99. The number of para-hydroxylation sites is 1. The van der Waals surface area contributed by atoms with E-state index in [2.05, 4.69) is 4.74 Å². The van der Waals surface area contributed by atoms with Crippen molar-refractivity contribution in [2.24, 2.45) is 5.41 Å². The summed E-state index contributed by atoms with van der Waals surface area (Å²) < 4.78 is 37.8. The molecule has 1 N–H and O–H groups in total. The monoisotopic (exact) mass is 403 g/mol. The van der Waals surface area contributed by atoms with Crippen LogP contribution in [0.5, 0.6) is 5.75 Å². The molecule has 152 valence electrons. The largest absolute Gasteiger partial charge is 0.477 e. The standard InChI is InChI=1S/C21H19F2NO5/c1-21(2,3)16-7-11-10-5-4-6-15(28-20(22)23)18(10)29-17(11)13-8-14(25)12(19(26)27)9-24(13)16/h4-6,8-9,16,20H,7H2,1-3H3,(H,26,27). The van der Waals surface area contributed by atoms with Crippen molar-refractivity contribution in [2.75, 3.05) is 0 Å². The highest BCUT2D eigenvalue weighted by Gasteiger charge is 2.36. The molecule has 0 fully saturated rings. The average molecular weight is 403 g/mol. The van der Waals surface area contributed by atoms with Crippen LogP contribution in [0.15, 0.2) is 39.7 Å². The Morgan fingerprint density at radius 2 is 2.07 bits per heavy atom. The maximum atomic E-state index is 12.8. The minimum Gasteiger partial charge on any atom is -0.477 e. The van der Waals surface area contributed by atoms with Gasteiger partial charge in [-0.2, -0.15) is 8.78 Å². The van der Waals surface area contributed by atoms with Crippen LogP contribution in [-0.2, 0) is 6.42 Å². The number of alkyl halides is 2. The third-order valence-electron chi connectivity index (χ3n) is 5.27. The summed E-state index contributed by atoms with van der Waals surface area (Å²) in [6.07, 6.45) is 1.82.